The number of aryl methyl sites for hydroxylation is 3. The van der Waals surface area contributed by atoms with Crippen molar-refractivity contribution < 1.29 is 4.57 Å². The maximum Gasteiger partial charge on any atom is 0.220 e. The summed E-state index contributed by atoms with van der Waals surface area (Å²) in [5, 5.41) is 2.39. The molecule has 34 heavy (non-hydrogen) atoms. The summed E-state index contributed by atoms with van der Waals surface area (Å²) in [6.07, 6.45) is 3.90. The molecule has 0 N–H and O–H groups in total. The van der Waals surface area contributed by atoms with Crippen LogP contribution >= 0.6 is 0 Å². The topological polar surface area (TPSA) is 42.6 Å². The van der Waals surface area contributed by atoms with Crippen molar-refractivity contribution in [2.75, 3.05) is 0 Å². The maximum atomic E-state index is 4.95. The molecule has 0 fully saturated rings. The van der Waals surface area contributed by atoms with Crippen molar-refractivity contribution in [2.45, 2.75) is 61.3 Å². The molecule has 0 spiro atoms. The summed E-state index contributed by atoms with van der Waals surface area (Å²) >= 11 is 0. The van der Waals surface area contributed by atoms with E-state index in [9.17, 15) is 0 Å². The summed E-state index contributed by atoms with van der Waals surface area (Å²) in [6, 6.07) is 13.2. The Balaban J connectivity index is 1.99. The van der Waals surface area contributed by atoms with Crippen LogP contribution in [0.2, 0.25) is 0 Å². The molecule has 2 aromatic carbocycles. The van der Waals surface area contributed by atoms with Crippen LogP contribution in [0.1, 0.15) is 56.0 Å². The SMILES string of the molecule is Cc1cc(C)c(C)c(-c2c3ccccc3c(-c3nc(CC(C)C)nc(CC(C)C)n3)c[n+]2C)c1. The molecule has 0 saturated carbocycles. The summed E-state index contributed by atoms with van der Waals surface area (Å²) in [7, 11) is 2.13. The molecule has 0 atom stereocenters. The van der Waals surface area contributed by atoms with Crippen LogP contribution in [0, 0.1) is 32.6 Å². The average molecular weight is 454 g/mol. The van der Waals surface area contributed by atoms with Gasteiger partial charge < -0.3 is 0 Å². The van der Waals surface area contributed by atoms with Crippen LogP contribution in [0.4, 0.5) is 0 Å². The average Bonchev–Trinajstić information content (AvgIpc) is 2.75. The third kappa shape index (κ3) is 4.86. The van der Waals surface area contributed by atoms with Gasteiger partial charge in [0.25, 0.3) is 0 Å². The van der Waals surface area contributed by atoms with Crippen LogP contribution in [0.15, 0.2) is 42.6 Å². The molecule has 4 aromatic rings. The van der Waals surface area contributed by atoms with Gasteiger partial charge in [-0.3, -0.25) is 0 Å². The molecule has 4 rings (SSSR count). The normalized spacial score (nSPS) is 11.7. The van der Waals surface area contributed by atoms with E-state index in [0.29, 0.717) is 11.8 Å². The predicted octanol–water partition coefficient (Wildman–Crippen LogP) is 6.51. The zero-order valence-electron chi connectivity index (χ0n) is 21.9. The summed E-state index contributed by atoms with van der Waals surface area (Å²) in [4.78, 5) is 14.7. The minimum Gasteiger partial charge on any atom is -0.218 e. The number of benzene rings is 2. The quantitative estimate of drug-likeness (QED) is 0.313. The molecule has 2 aromatic heterocycles. The van der Waals surface area contributed by atoms with Crippen LogP contribution in [0.3, 0.4) is 0 Å². The molecule has 4 nitrogen and oxygen atoms in total. The first-order valence-corrected chi connectivity index (χ1v) is 12.4. The fourth-order valence-corrected chi connectivity index (χ4v) is 4.74. The predicted molar refractivity (Wildman–Crippen MR) is 141 cm³/mol. The Kier molecular flexibility index (Phi) is 6.79. The second-order valence-electron chi connectivity index (χ2n) is 10.5. The number of rotatable bonds is 6. The van der Waals surface area contributed by atoms with Crippen LogP contribution in [0.5, 0.6) is 0 Å². The number of aromatic nitrogens is 4. The molecule has 0 aliphatic rings. The summed E-state index contributed by atoms with van der Waals surface area (Å²) in [5.41, 5.74) is 7.47. The van der Waals surface area contributed by atoms with Gasteiger partial charge in [-0.2, -0.15) is 4.57 Å². The Morgan fingerprint density at radius 3 is 1.94 bits per heavy atom. The molecule has 4 heteroatoms. The maximum absolute atomic E-state index is 4.95. The minimum absolute atomic E-state index is 0.491. The highest BCUT2D eigenvalue weighted by Crippen LogP contribution is 2.34. The molecule has 0 bridgehead atoms. The van der Waals surface area contributed by atoms with Gasteiger partial charge in [0.1, 0.15) is 18.7 Å². The highest BCUT2D eigenvalue weighted by molar-refractivity contribution is 6.01. The number of fused-ring (bicyclic) bond motifs is 1. The highest BCUT2D eigenvalue weighted by atomic mass is 15.0. The van der Waals surface area contributed by atoms with Gasteiger partial charge in [-0.15, -0.1) is 0 Å². The van der Waals surface area contributed by atoms with E-state index in [1.165, 1.54) is 38.7 Å². The number of hydrogen-bond acceptors (Lipinski definition) is 3. The van der Waals surface area contributed by atoms with Crippen LogP contribution in [-0.2, 0) is 19.9 Å². The molecule has 2 heterocycles. The molecule has 0 aliphatic carbocycles. The summed E-state index contributed by atoms with van der Waals surface area (Å²) in [5.74, 6) is 3.53. The summed E-state index contributed by atoms with van der Waals surface area (Å²) in [6.45, 7) is 15.4. The van der Waals surface area contributed by atoms with Gasteiger partial charge in [-0.25, -0.2) is 15.0 Å². The largest absolute Gasteiger partial charge is 0.220 e. The van der Waals surface area contributed by atoms with Gasteiger partial charge in [0, 0.05) is 18.2 Å². The van der Waals surface area contributed by atoms with Crippen LogP contribution < -0.4 is 4.57 Å². The third-order valence-corrected chi connectivity index (χ3v) is 6.37. The molecule has 0 radical (unpaired) electrons. The van der Waals surface area contributed by atoms with Crippen molar-refractivity contribution in [2.24, 2.45) is 18.9 Å². The fraction of sp³-hybridized carbons (Fsp3) is 0.400. The first-order chi connectivity index (χ1) is 16.1. The lowest BCUT2D eigenvalue weighted by Gasteiger charge is -2.14. The molecule has 0 saturated heterocycles. The smallest absolute Gasteiger partial charge is 0.218 e. The van der Waals surface area contributed by atoms with Crippen LogP contribution in [0.25, 0.3) is 33.4 Å². The first kappa shape index (κ1) is 24.0. The van der Waals surface area contributed by atoms with E-state index >= 15 is 0 Å². The van der Waals surface area contributed by atoms with Gasteiger partial charge in [0.05, 0.1) is 16.5 Å². The van der Waals surface area contributed by atoms with Crippen molar-refractivity contribution in [1.29, 1.82) is 0 Å². The summed E-state index contributed by atoms with van der Waals surface area (Å²) < 4.78 is 2.24. The monoisotopic (exact) mass is 453 g/mol. The number of hydrogen-bond donors (Lipinski definition) is 0. The van der Waals surface area contributed by atoms with Gasteiger partial charge in [-0.05, 0) is 55.9 Å². The lowest BCUT2D eigenvalue weighted by molar-refractivity contribution is -0.658. The van der Waals surface area contributed by atoms with Gasteiger partial charge >= 0.3 is 0 Å². The van der Waals surface area contributed by atoms with E-state index in [1.807, 2.05) is 0 Å². The lowest BCUT2D eigenvalue weighted by Crippen LogP contribution is -2.32. The molecule has 176 valence electrons. The Morgan fingerprint density at radius 1 is 0.765 bits per heavy atom. The van der Waals surface area contributed by atoms with E-state index in [1.54, 1.807) is 0 Å². The van der Waals surface area contributed by atoms with Crippen molar-refractivity contribution >= 4 is 10.8 Å². The highest BCUT2D eigenvalue weighted by Gasteiger charge is 2.23. The molecule has 0 unspecified atom stereocenters. The molecule has 0 amide bonds. The second-order valence-corrected chi connectivity index (χ2v) is 10.5. The Morgan fingerprint density at radius 2 is 1.35 bits per heavy atom. The Hall–Kier alpha value is -3.14. The van der Waals surface area contributed by atoms with Gasteiger partial charge in [-0.1, -0.05) is 57.5 Å². The zero-order valence-corrected chi connectivity index (χ0v) is 21.9. The van der Waals surface area contributed by atoms with E-state index in [-0.39, 0.29) is 0 Å². The first-order valence-electron chi connectivity index (χ1n) is 12.4. The number of nitrogens with zero attached hydrogens (tertiary/aromatic N) is 4. The molecular formula is C30H37N4+. The van der Waals surface area contributed by atoms with Crippen molar-refractivity contribution in [3.05, 3.63) is 70.9 Å². The minimum atomic E-state index is 0.491. The van der Waals surface area contributed by atoms with Crippen molar-refractivity contribution in [3.63, 3.8) is 0 Å². The van der Waals surface area contributed by atoms with Crippen molar-refractivity contribution in [3.8, 4) is 22.6 Å². The zero-order chi connectivity index (χ0) is 24.6. The van der Waals surface area contributed by atoms with Crippen LogP contribution in [-0.4, -0.2) is 15.0 Å². The Labute approximate surface area is 204 Å². The third-order valence-electron chi connectivity index (χ3n) is 6.37. The van der Waals surface area contributed by atoms with Gasteiger partial charge in [0.15, 0.2) is 12.0 Å². The van der Waals surface area contributed by atoms with E-state index in [0.717, 1.165) is 35.9 Å². The molecular weight excluding hydrogens is 416 g/mol. The van der Waals surface area contributed by atoms with Crippen molar-refractivity contribution in [1.82, 2.24) is 15.0 Å². The number of pyridine rings is 1. The van der Waals surface area contributed by atoms with E-state index in [2.05, 4.69) is 103 Å². The van der Waals surface area contributed by atoms with Gasteiger partial charge in [0.2, 0.25) is 5.69 Å². The van der Waals surface area contributed by atoms with E-state index in [4.69, 9.17) is 15.0 Å². The Bertz CT molecular complexity index is 1320. The second kappa shape index (κ2) is 9.61. The molecule has 0 aliphatic heterocycles. The standard InChI is InChI=1S/C30H37N4/c1-18(2)13-27-31-28(14-19(3)4)33-30(32-27)26-17-34(8)29(24-12-10-9-11-23(24)26)25-16-20(5)15-21(6)22(25)7/h9-12,15-19H,13-14H2,1-8H3/q+1. The lowest BCUT2D eigenvalue weighted by atomic mass is 9.93. The fourth-order valence-electron chi connectivity index (χ4n) is 4.74. The van der Waals surface area contributed by atoms with E-state index < -0.39 is 0 Å².